The van der Waals surface area contributed by atoms with Crippen LogP contribution in [0.15, 0.2) is 75.9 Å². The molecule has 2 aromatic heterocycles. The number of hydrogen-bond donors (Lipinski definition) is 1. The van der Waals surface area contributed by atoms with E-state index >= 15 is 0 Å². The highest BCUT2D eigenvalue weighted by molar-refractivity contribution is 5.85. The van der Waals surface area contributed by atoms with Crippen molar-refractivity contribution in [3.63, 3.8) is 0 Å². The largest absolute Gasteiger partial charge is 0.455 e. The molecule has 1 atom stereocenters. The number of aryl methyl sites for hydroxylation is 2. The van der Waals surface area contributed by atoms with Crippen LogP contribution < -0.4 is 10.7 Å². The highest BCUT2D eigenvalue weighted by atomic mass is 16.3. The molecule has 5 aromatic rings. The maximum atomic E-state index is 13.0. The Kier molecular flexibility index (Phi) is 4.55. The summed E-state index contributed by atoms with van der Waals surface area (Å²) in [5.41, 5.74) is 5.86. The maximum Gasteiger partial charge on any atom is 0.193 e. The van der Waals surface area contributed by atoms with E-state index < -0.39 is 0 Å². The summed E-state index contributed by atoms with van der Waals surface area (Å²) in [6.07, 6.45) is 0. The van der Waals surface area contributed by atoms with Gasteiger partial charge in [-0.25, -0.2) is 0 Å². The lowest BCUT2D eigenvalue weighted by Gasteiger charge is -2.18. The van der Waals surface area contributed by atoms with Gasteiger partial charge in [-0.15, -0.1) is 0 Å². The molecule has 6 nitrogen and oxygen atoms in total. The first-order chi connectivity index (χ1) is 15.0. The monoisotopic (exact) mass is 410 g/mol. The predicted octanol–water partition coefficient (Wildman–Crippen LogP) is 5.22. The zero-order chi connectivity index (χ0) is 21.5. The van der Waals surface area contributed by atoms with E-state index in [4.69, 9.17) is 4.42 Å². The van der Waals surface area contributed by atoms with Gasteiger partial charge in [-0.3, -0.25) is 4.79 Å². The number of nitrogens with one attached hydrogen (secondary N) is 1. The molecular weight excluding hydrogens is 388 g/mol. The van der Waals surface area contributed by atoms with Gasteiger partial charge in [0.2, 0.25) is 0 Å². The highest BCUT2D eigenvalue weighted by Gasteiger charge is 2.17. The van der Waals surface area contributed by atoms with Crippen molar-refractivity contribution in [2.45, 2.75) is 19.9 Å². The fourth-order valence-electron chi connectivity index (χ4n) is 3.94. The van der Waals surface area contributed by atoms with Gasteiger partial charge in [0.25, 0.3) is 0 Å². The maximum absolute atomic E-state index is 13.0. The number of anilines is 1. The Morgan fingerprint density at radius 2 is 1.74 bits per heavy atom. The molecule has 6 heteroatoms. The van der Waals surface area contributed by atoms with Crippen LogP contribution in [-0.2, 0) is 7.05 Å². The first kappa shape index (κ1) is 19.1. The number of rotatable bonds is 4. The fraction of sp³-hybridized carbons (Fsp3) is 0.160. The molecule has 0 aliphatic carbocycles. The molecule has 0 saturated carbocycles. The van der Waals surface area contributed by atoms with E-state index in [-0.39, 0.29) is 11.5 Å². The van der Waals surface area contributed by atoms with Gasteiger partial charge in [-0.1, -0.05) is 24.3 Å². The van der Waals surface area contributed by atoms with Crippen LogP contribution in [0.25, 0.3) is 33.3 Å². The average Bonchev–Trinajstić information content (AvgIpc) is 3.13. The molecule has 0 radical (unpaired) electrons. The number of benzene rings is 3. The van der Waals surface area contributed by atoms with Crippen LogP contribution in [0.1, 0.15) is 24.1 Å². The molecule has 0 bridgehead atoms. The van der Waals surface area contributed by atoms with Gasteiger partial charge < -0.3 is 9.73 Å². The summed E-state index contributed by atoms with van der Waals surface area (Å²) >= 11 is 0. The number of fused-ring (bicyclic) bond motifs is 2. The quantitative estimate of drug-likeness (QED) is 0.440. The highest BCUT2D eigenvalue weighted by Crippen LogP contribution is 2.31. The average molecular weight is 410 g/mol. The summed E-state index contributed by atoms with van der Waals surface area (Å²) < 4.78 is 6.33. The third kappa shape index (κ3) is 3.57. The van der Waals surface area contributed by atoms with E-state index in [9.17, 15) is 4.79 Å². The Morgan fingerprint density at radius 1 is 0.968 bits per heavy atom. The van der Waals surface area contributed by atoms with Crippen LogP contribution in [-0.4, -0.2) is 15.0 Å². The molecule has 1 N–H and O–H groups in total. The zero-order valence-electron chi connectivity index (χ0n) is 17.6. The summed E-state index contributed by atoms with van der Waals surface area (Å²) in [6, 6.07) is 21.1. The fourth-order valence-corrected chi connectivity index (χ4v) is 3.94. The van der Waals surface area contributed by atoms with E-state index in [0.717, 1.165) is 33.4 Å². The van der Waals surface area contributed by atoms with E-state index in [0.29, 0.717) is 16.7 Å². The molecule has 0 fully saturated rings. The molecule has 3 aromatic carbocycles. The summed E-state index contributed by atoms with van der Waals surface area (Å²) in [7, 11) is 1.78. The lowest BCUT2D eigenvalue weighted by molar-refractivity contribution is 0.610. The van der Waals surface area contributed by atoms with Gasteiger partial charge in [-0.05, 0) is 55.8 Å². The standard InChI is InChI=1S/C25H22N4O2/c1-15-11-19(16(2)26-18-7-5-4-6-8-18)25-20(12-15)23(30)14-24(31-25)17-9-10-21-22(13-17)28-29(3)27-21/h4-14,16,26H,1-3H3. The Labute approximate surface area is 179 Å². The zero-order valence-corrected chi connectivity index (χ0v) is 17.6. The third-order valence-electron chi connectivity index (χ3n) is 5.39. The lowest BCUT2D eigenvalue weighted by Crippen LogP contribution is -2.10. The molecule has 2 heterocycles. The van der Waals surface area contributed by atoms with Crippen LogP contribution in [0, 0.1) is 6.92 Å². The SMILES string of the molecule is Cc1cc(C(C)Nc2ccccc2)c2oc(-c3ccc4nn(C)nc4c3)cc(=O)c2c1. The van der Waals surface area contributed by atoms with Crippen LogP contribution in [0.2, 0.25) is 0 Å². The summed E-state index contributed by atoms with van der Waals surface area (Å²) in [5, 5.41) is 12.8. The molecule has 0 amide bonds. The second-order valence-electron chi connectivity index (χ2n) is 7.83. The van der Waals surface area contributed by atoms with Gasteiger partial charge in [0.05, 0.1) is 11.4 Å². The van der Waals surface area contributed by atoms with Gasteiger partial charge in [-0.2, -0.15) is 15.0 Å². The van der Waals surface area contributed by atoms with E-state index in [1.165, 1.54) is 4.80 Å². The van der Waals surface area contributed by atoms with Gasteiger partial charge in [0.1, 0.15) is 22.4 Å². The Morgan fingerprint density at radius 3 is 2.55 bits per heavy atom. The number of para-hydroxylation sites is 1. The normalized spacial score (nSPS) is 12.4. The van der Waals surface area contributed by atoms with Crippen molar-refractivity contribution >= 4 is 27.7 Å². The topological polar surface area (TPSA) is 73.0 Å². The molecule has 0 aliphatic rings. The summed E-state index contributed by atoms with van der Waals surface area (Å²) in [6.45, 7) is 4.06. The van der Waals surface area contributed by atoms with E-state index in [1.807, 2.05) is 61.5 Å². The summed E-state index contributed by atoms with van der Waals surface area (Å²) in [5.74, 6) is 0.516. The van der Waals surface area contributed by atoms with Gasteiger partial charge in [0, 0.05) is 29.9 Å². The van der Waals surface area contributed by atoms with Gasteiger partial charge in [0.15, 0.2) is 5.43 Å². The minimum Gasteiger partial charge on any atom is -0.455 e. The molecule has 0 saturated heterocycles. The van der Waals surface area contributed by atoms with E-state index in [2.05, 4.69) is 28.5 Å². The number of nitrogens with zero attached hydrogens (tertiary/aromatic N) is 3. The third-order valence-corrected chi connectivity index (χ3v) is 5.39. The molecule has 154 valence electrons. The van der Waals surface area contributed by atoms with Crippen molar-refractivity contribution in [3.8, 4) is 11.3 Å². The van der Waals surface area contributed by atoms with Crippen LogP contribution in [0.4, 0.5) is 5.69 Å². The van der Waals surface area contributed by atoms with Crippen LogP contribution in [0.5, 0.6) is 0 Å². The molecular formula is C25H22N4O2. The van der Waals surface area contributed by atoms with Crippen LogP contribution in [0.3, 0.4) is 0 Å². The molecule has 0 spiro atoms. The summed E-state index contributed by atoms with van der Waals surface area (Å²) in [4.78, 5) is 14.5. The number of aromatic nitrogens is 3. The molecule has 1 unspecified atom stereocenters. The molecule has 0 aliphatic heterocycles. The van der Waals surface area contributed by atoms with Crippen molar-refractivity contribution in [1.29, 1.82) is 0 Å². The molecule has 31 heavy (non-hydrogen) atoms. The first-order valence-corrected chi connectivity index (χ1v) is 10.2. The Hall–Kier alpha value is -3.93. The second kappa shape index (κ2) is 7.40. The minimum atomic E-state index is -0.0626. The van der Waals surface area contributed by atoms with Crippen molar-refractivity contribution in [2.75, 3.05) is 5.32 Å². The Bertz CT molecular complexity index is 1470. The first-order valence-electron chi connectivity index (χ1n) is 10.2. The van der Waals surface area contributed by atoms with Crippen molar-refractivity contribution in [1.82, 2.24) is 15.0 Å². The van der Waals surface area contributed by atoms with Crippen molar-refractivity contribution < 1.29 is 4.42 Å². The van der Waals surface area contributed by atoms with Crippen molar-refractivity contribution in [2.24, 2.45) is 7.05 Å². The van der Waals surface area contributed by atoms with Crippen molar-refractivity contribution in [3.05, 3.63) is 88.1 Å². The number of hydrogen-bond acceptors (Lipinski definition) is 5. The predicted molar refractivity (Wildman–Crippen MR) is 123 cm³/mol. The van der Waals surface area contributed by atoms with Gasteiger partial charge >= 0.3 is 0 Å². The van der Waals surface area contributed by atoms with Crippen LogP contribution >= 0.6 is 0 Å². The smallest absolute Gasteiger partial charge is 0.193 e. The lowest BCUT2D eigenvalue weighted by atomic mass is 10.0. The Balaban J connectivity index is 1.65. The molecule has 5 rings (SSSR count). The minimum absolute atomic E-state index is 0.0503. The second-order valence-corrected chi connectivity index (χ2v) is 7.83. The van der Waals surface area contributed by atoms with E-state index in [1.54, 1.807) is 13.1 Å².